The lowest BCUT2D eigenvalue weighted by Crippen LogP contribution is -2.28. The predicted molar refractivity (Wildman–Crippen MR) is 97.9 cm³/mol. The van der Waals surface area contributed by atoms with Gasteiger partial charge in [0.15, 0.2) is 6.61 Å². The summed E-state index contributed by atoms with van der Waals surface area (Å²) in [4.78, 5) is 37.3. The van der Waals surface area contributed by atoms with Crippen molar-refractivity contribution < 1.29 is 27.9 Å². The zero-order valence-corrected chi connectivity index (χ0v) is 15.2. The molecule has 1 aliphatic heterocycles. The van der Waals surface area contributed by atoms with E-state index in [-0.39, 0.29) is 29.4 Å². The number of halogens is 3. The van der Waals surface area contributed by atoms with Gasteiger partial charge in [-0.05, 0) is 30.3 Å². The maximum Gasteiger partial charge on any atom is 0.311 e. The van der Waals surface area contributed by atoms with E-state index in [0.717, 1.165) is 6.07 Å². The van der Waals surface area contributed by atoms with Gasteiger partial charge in [0.2, 0.25) is 5.91 Å². The number of rotatable bonds is 5. The van der Waals surface area contributed by atoms with Crippen molar-refractivity contribution >= 4 is 40.8 Å². The van der Waals surface area contributed by atoms with E-state index in [1.807, 2.05) is 0 Å². The lowest BCUT2D eigenvalue weighted by atomic mass is 10.1. The summed E-state index contributed by atoms with van der Waals surface area (Å²) in [5, 5.41) is 2.25. The summed E-state index contributed by atoms with van der Waals surface area (Å²) >= 11 is 5.62. The number of nitrogens with one attached hydrogen (secondary N) is 1. The van der Waals surface area contributed by atoms with E-state index >= 15 is 0 Å². The molecular formula is C19H15ClF2N2O4. The SMILES string of the molecule is O=C(COC(=O)[C@@H]1CC(=O)N(c2ccccc2F)C1)Nc1ccc(F)c(Cl)c1. The van der Waals surface area contributed by atoms with Crippen LogP contribution in [0.3, 0.4) is 0 Å². The standard InChI is InChI=1S/C19H15ClF2N2O4/c20-13-8-12(5-6-14(13)21)23-17(25)10-28-19(27)11-7-18(26)24(9-11)16-4-2-1-3-15(16)22/h1-6,8,11H,7,9-10H2,(H,23,25)/t11-/m1/s1. The summed E-state index contributed by atoms with van der Waals surface area (Å²) in [6, 6.07) is 9.37. The van der Waals surface area contributed by atoms with E-state index in [1.54, 1.807) is 6.07 Å². The van der Waals surface area contributed by atoms with Crippen molar-refractivity contribution in [2.45, 2.75) is 6.42 Å². The summed E-state index contributed by atoms with van der Waals surface area (Å²) < 4.78 is 31.9. The van der Waals surface area contributed by atoms with Gasteiger partial charge in [-0.3, -0.25) is 14.4 Å². The molecule has 1 atom stereocenters. The van der Waals surface area contributed by atoms with Crippen LogP contribution in [0.1, 0.15) is 6.42 Å². The van der Waals surface area contributed by atoms with Gasteiger partial charge < -0.3 is 15.0 Å². The van der Waals surface area contributed by atoms with Crippen LogP contribution < -0.4 is 10.2 Å². The average molecular weight is 409 g/mol. The number of nitrogens with zero attached hydrogens (tertiary/aromatic N) is 1. The monoisotopic (exact) mass is 408 g/mol. The second-order valence-electron chi connectivity index (χ2n) is 6.14. The van der Waals surface area contributed by atoms with Gasteiger partial charge in [0.1, 0.15) is 11.6 Å². The number of carbonyl (C=O) groups is 3. The van der Waals surface area contributed by atoms with Crippen molar-refractivity contribution in [1.29, 1.82) is 0 Å². The summed E-state index contributed by atoms with van der Waals surface area (Å²) in [6.07, 6.45) is -0.137. The Morgan fingerprint density at radius 3 is 2.64 bits per heavy atom. The molecule has 2 aromatic rings. The first kappa shape index (κ1) is 19.8. The minimum absolute atomic E-state index is 0.0339. The fourth-order valence-corrected chi connectivity index (χ4v) is 2.97. The lowest BCUT2D eigenvalue weighted by molar-refractivity contribution is -0.151. The third kappa shape index (κ3) is 4.45. The molecule has 3 rings (SSSR count). The van der Waals surface area contributed by atoms with Crippen LogP contribution in [0.25, 0.3) is 0 Å². The molecule has 0 unspecified atom stereocenters. The first-order valence-electron chi connectivity index (χ1n) is 8.31. The Morgan fingerprint density at radius 2 is 1.93 bits per heavy atom. The Hall–Kier alpha value is -3.00. The number of hydrogen-bond donors (Lipinski definition) is 1. The van der Waals surface area contributed by atoms with Crippen LogP contribution in [0.2, 0.25) is 5.02 Å². The fourth-order valence-electron chi connectivity index (χ4n) is 2.79. The average Bonchev–Trinajstić information content (AvgIpc) is 3.05. The van der Waals surface area contributed by atoms with Gasteiger partial charge >= 0.3 is 5.97 Å². The second kappa shape index (κ2) is 8.35. The molecule has 2 amide bonds. The maximum absolute atomic E-state index is 13.9. The van der Waals surface area contributed by atoms with Gasteiger partial charge in [-0.15, -0.1) is 0 Å². The highest BCUT2D eigenvalue weighted by Crippen LogP contribution is 2.28. The normalized spacial score (nSPS) is 16.2. The molecule has 1 aliphatic rings. The van der Waals surface area contributed by atoms with E-state index in [1.165, 1.54) is 35.2 Å². The van der Waals surface area contributed by atoms with Crippen molar-refractivity contribution in [1.82, 2.24) is 0 Å². The van der Waals surface area contributed by atoms with Gasteiger partial charge in [0.25, 0.3) is 5.91 Å². The highest BCUT2D eigenvalue weighted by Gasteiger charge is 2.37. The largest absolute Gasteiger partial charge is 0.455 e. The molecule has 0 spiro atoms. The molecule has 0 aromatic heterocycles. The van der Waals surface area contributed by atoms with Crippen molar-refractivity contribution in [3.63, 3.8) is 0 Å². The molecule has 1 heterocycles. The van der Waals surface area contributed by atoms with E-state index < -0.39 is 41.9 Å². The number of anilines is 2. The van der Waals surface area contributed by atoms with E-state index in [9.17, 15) is 23.2 Å². The van der Waals surface area contributed by atoms with Crippen LogP contribution >= 0.6 is 11.6 Å². The van der Waals surface area contributed by atoms with Crippen LogP contribution in [-0.4, -0.2) is 30.9 Å². The summed E-state index contributed by atoms with van der Waals surface area (Å²) in [7, 11) is 0. The fraction of sp³-hybridized carbons (Fsp3) is 0.211. The van der Waals surface area contributed by atoms with E-state index in [4.69, 9.17) is 16.3 Å². The highest BCUT2D eigenvalue weighted by molar-refractivity contribution is 6.31. The number of esters is 1. The predicted octanol–water partition coefficient (Wildman–Crippen LogP) is 3.15. The van der Waals surface area contributed by atoms with Gasteiger partial charge in [0, 0.05) is 18.7 Å². The topological polar surface area (TPSA) is 75.7 Å². The minimum atomic E-state index is -0.805. The molecule has 1 N–H and O–H groups in total. The maximum atomic E-state index is 13.9. The van der Waals surface area contributed by atoms with Crippen LogP contribution in [0.5, 0.6) is 0 Å². The second-order valence-corrected chi connectivity index (χ2v) is 6.55. The molecule has 28 heavy (non-hydrogen) atoms. The molecular weight excluding hydrogens is 394 g/mol. The third-order valence-corrected chi connectivity index (χ3v) is 4.44. The van der Waals surface area contributed by atoms with Crippen molar-refractivity contribution in [3.8, 4) is 0 Å². The molecule has 9 heteroatoms. The molecule has 6 nitrogen and oxygen atoms in total. The van der Waals surface area contributed by atoms with Crippen molar-refractivity contribution in [2.75, 3.05) is 23.4 Å². The van der Waals surface area contributed by atoms with Crippen molar-refractivity contribution in [3.05, 3.63) is 59.1 Å². The van der Waals surface area contributed by atoms with Gasteiger partial charge in [-0.1, -0.05) is 23.7 Å². The number of carbonyl (C=O) groups excluding carboxylic acids is 3. The Labute approximate surface area is 164 Å². The first-order valence-corrected chi connectivity index (χ1v) is 8.69. The lowest BCUT2D eigenvalue weighted by Gasteiger charge is -2.17. The number of hydrogen-bond acceptors (Lipinski definition) is 4. The zero-order chi connectivity index (χ0) is 20.3. The Balaban J connectivity index is 1.54. The van der Waals surface area contributed by atoms with Crippen LogP contribution in [0, 0.1) is 17.6 Å². The number of amides is 2. The minimum Gasteiger partial charge on any atom is -0.455 e. The van der Waals surface area contributed by atoms with E-state index in [2.05, 4.69) is 5.32 Å². The quantitative estimate of drug-likeness (QED) is 0.771. The molecule has 0 bridgehead atoms. The molecule has 1 fully saturated rings. The molecule has 0 saturated carbocycles. The Kier molecular flexibility index (Phi) is 5.89. The zero-order valence-electron chi connectivity index (χ0n) is 14.5. The molecule has 0 radical (unpaired) electrons. The van der Waals surface area contributed by atoms with E-state index in [0.29, 0.717) is 0 Å². The summed E-state index contributed by atoms with van der Waals surface area (Å²) in [5.74, 6) is -3.79. The Bertz CT molecular complexity index is 938. The van der Waals surface area contributed by atoms with Gasteiger partial charge in [-0.2, -0.15) is 0 Å². The number of para-hydroxylation sites is 1. The third-order valence-electron chi connectivity index (χ3n) is 4.15. The van der Waals surface area contributed by atoms with Gasteiger partial charge in [0.05, 0.1) is 16.6 Å². The van der Waals surface area contributed by atoms with Crippen LogP contribution in [-0.2, 0) is 19.1 Å². The molecule has 146 valence electrons. The molecule has 2 aromatic carbocycles. The van der Waals surface area contributed by atoms with Crippen LogP contribution in [0.15, 0.2) is 42.5 Å². The molecule has 1 saturated heterocycles. The summed E-state index contributed by atoms with van der Waals surface area (Å²) in [6.45, 7) is -0.619. The number of ether oxygens (including phenoxy) is 1. The summed E-state index contributed by atoms with van der Waals surface area (Å²) in [5.41, 5.74) is 0.336. The van der Waals surface area contributed by atoms with Crippen molar-refractivity contribution in [2.24, 2.45) is 5.92 Å². The molecule has 0 aliphatic carbocycles. The van der Waals surface area contributed by atoms with Gasteiger partial charge in [-0.25, -0.2) is 8.78 Å². The smallest absolute Gasteiger partial charge is 0.311 e. The first-order chi connectivity index (χ1) is 13.3. The Morgan fingerprint density at radius 1 is 1.18 bits per heavy atom. The van der Waals surface area contributed by atoms with Crippen LogP contribution in [0.4, 0.5) is 20.2 Å². The highest BCUT2D eigenvalue weighted by atomic mass is 35.5. The number of benzene rings is 2.